The predicted molar refractivity (Wildman–Crippen MR) is 185 cm³/mol. The van der Waals surface area contributed by atoms with Gasteiger partial charge >= 0.3 is 12.2 Å². The molecule has 3 aromatic heterocycles. The number of rotatable bonds is 7. The normalized spacial score (nSPS) is 15.4. The molecule has 2 aliphatic heterocycles. The van der Waals surface area contributed by atoms with E-state index in [2.05, 4.69) is 43.4 Å². The number of urea groups is 1. The van der Waals surface area contributed by atoms with Gasteiger partial charge in [0.2, 0.25) is 5.43 Å². The summed E-state index contributed by atoms with van der Waals surface area (Å²) in [6.45, 7) is 6.09. The molecule has 0 bridgehead atoms. The van der Waals surface area contributed by atoms with Crippen molar-refractivity contribution in [2.45, 2.75) is 25.6 Å². The highest BCUT2D eigenvalue weighted by Crippen LogP contribution is 2.39. The molecule has 0 aliphatic carbocycles. The Morgan fingerprint density at radius 1 is 1.12 bits per heavy atom. The van der Waals surface area contributed by atoms with Gasteiger partial charge in [0, 0.05) is 80.1 Å². The number of amides is 3. The van der Waals surface area contributed by atoms with E-state index in [1.165, 1.54) is 12.3 Å². The maximum Gasteiger partial charge on any atom is 0.434 e. The van der Waals surface area contributed by atoms with Crippen LogP contribution in [-0.4, -0.2) is 95.4 Å². The predicted octanol–water partition coefficient (Wildman–Crippen LogP) is 4.82. The molecule has 48 heavy (non-hydrogen) atoms. The van der Waals surface area contributed by atoms with Crippen LogP contribution in [0, 0.1) is 0 Å². The molecular weight excluding hydrogens is 666 g/mol. The van der Waals surface area contributed by atoms with Gasteiger partial charge in [0.25, 0.3) is 5.91 Å². The van der Waals surface area contributed by atoms with Crippen molar-refractivity contribution in [3.05, 3.63) is 63.5 Å². The van der Waals surface area contributed by atoms with Crippen LogP contribution < -0.4 is 21.4 Å². The zero-order valence-corrected chi connectivity index (χ0v) is 28.4. The highest BCUT2D eigenvalue weighted by molar-refractivity contribution is 7.79. The number of aromatic nitrogens is 3. The lowest BCUT2D eigenvalue weighted by Crippen LogP contribution is -2.48. The minimum Gasteiger partial charge on any atom is -0.341 e. The maximum absolute atomic E-state index is 14.0. The summed E-state index contributed by atoms with van der Waals surface area (Å²) in [5.74, 6) is -0.209. The number of carbonyl (C=O) groups excluding carboxylic acids is 2. The first-order valence-electron chi connectivity index (χ1n) is 15.4. The monoisotopic (exact) mass is 702 g/mol. The summed E-state index contributed by atoms with van der Waals surface area (Å²) in [6, 6.07) is 6.25. The van der Waals surface area contributed by atoms with Crippen LogP contribution in [0.3, 0.4) is 0 Å². The fraction of sp³-hybridized carbons (Fsp3) is 0.406. The third kappa shape index (κ3) is 7.51. The summed E-state index contributed by atoms with van der Waals surface area (Å²) in [5.41, 5.74) is 0.491. The standard InChI is InChI=1S/C31H33F3N8O3S.CH4S/c1-3-6-36-30(45)39-26-12-20(28-38-25(17-46-28)31(32,33)34)22(13-37-26)18-4-5-24-21(11-18)27(43)23(16-42(24)19-14-40(2)15-19)29(44)41-9-7-35-8-10-41;1-2/h4-5,11-13,16-17,19,35H,3,6-10,14-15H2,1-2H3,(H2,36,37,39,45);2H,1H3. The van der Waals surface area contributed by atoms with Crippen molar-refractivity contribution < 1.29 is 22.8 Å². The van der Waals surface area contributed by atoms with Crippen LogP contribution >= 0.6 is 24.0 Å². The maximum atomic E-state index is 14.0. The highest BCUT2D eigenvalue weighted by atomic mass is 32.1. The van der Waals surface area contributed by atoms with E-state index in [0.717, 1.165) is 29.8 Å². The van der Waals surface area contributed by atoms with Crippen LogP contribution in [0.5, 0.6) is 0 Å². The molecule has 1 aromatic carbocycles. The van der Waals surface area contributed by atoms with Gasteiger partial charge in [0.15, 0.2) is 5.69 Å². The number of likely N-dealkylation sites (tertiary alicyclic amines) is 1. The van der Waals surface area contributed by atoms with E-state index in [9.17, 15) is 27.6 Å². The number of hydrogen-bond donors (Lipinski definition) is 4. The lowest BCUT2D eigenvalue weighted by atomic mass is 9.98. The van der Waals surface area contributed by atoms with Crippen molar-refractivity contribution in [3.8, 4) is 21.7 Å². The van der Waals surface area contributed by atoms with Gasteiger partial charge in [0.1, 0.15) is 16.4 Å². The molecule has 0 radical (unpaired) electrons. The second kappa shape index (κ2) is 15.1. The lowest BCUT2D eigenvalue weighted by molar-refractivity contribution is -0.140. The minimum absolute atomic E-state index is 0.0612. The summed E-state index contributed by atoms with van der Waals surface area (Å²) in [4.78, 5) is 51.9. The molecule has 2 fully saturated rings. The van der Waals surface area contributed by atoms with E-state index in [-0.39, 0.29) is 28.3 Å². The van der Waals surface area contributed by atoms with E-state index in [1.807, 2.05) is 18.5 Å². The van der Waals surface area contributed by atoms with Crippen LogP contribution in [0.2, 0.25) is 0 Å². The molecule has 3 N–H and O–H groups in total. The average Bonchev–Trinajstić information content (AvgIpc) is 3.59. The molecule has 256 valence electrons. The van der Waals surface area contributed by atoms with Crippen LogP contribution in [0.25, 0.3) is 32.6 Å². The van der Waals surface area contributed by atoms with Crippen molar-refractivity contribution in [1.82, 2.24) is 35.0 Å². The number of alkyl halides is 3. The Balaban J connectivity index is 0.00000221. The number of nitrogens with zero attached hydrogens (tertiary/aromatic N) is 5. The van der Waals surface area contributed by atoms with E-state index in [1.54, 1.807) is 35.6 Å². The number of nitrogens with one attached hydrogen (secondary N) is 3. The van der Waals surface area contributed by atoms with Gasteiger partial charge in [-0.05, 0) is 43.5 Å². The van der Waals surface area contributed by atoms with E-state index in [4.69, 9.17) is 0 Å². The molecule has 3 amide bonds. The molecule has 2 saturated heterocycles. The average molecular weight is 703 g/mol. The number of pyridine rings is 2. The highest BCUT2D eigenvalue weighted by Gasteiger charge is 2.34. The van der Waals surface area contributed by atoms with E-state index in [0.29, 0.717) is 66.7 Å². The summed E-state index contributed by atoms with van der Waals surface area (Å²) < 4.78 is 42.5. The molecule has 4 aromatic rings. The Kier molecular flexibility index (Phi) is 11.1. The zero-order chi connectivity index (χ0) is 34.6. The molecule has 5 heterocycles. The summed E-state index contributed by atoms with van der Waals surface area (Å²) in [6.07, 6.45) is 0.876. The molecular formula is C32H37F3N8O3S2. The van der Waals surface area contributed by atoms with Gasteiger partial charge in [-0.15, -0.1) is 11.3 Å². The van der Waals surface area contributed by atoms with Crippen molar-refractivity contribution in [2.24, 2.45) is 0 Å². The van der Waals surface area contributed by atoms with E-state index < -0.39 is 23.3 Å². The fourth-order valence-corrected chi connectivity index (χ4v) is 6.57. The van der Waals surface area contributed by atoms with Crippen LogP contribution in [-0.2, 0) is 6.18 Å². The number of halogens is 3. The fourth-order valence-electron chi connectivity index (χ4n) is 5.72. The number of fused-ring (bicyclic) bond motifs is 1. The number of thiol groups is 1. The van der Waals surface area contributed by atoms with Gasteiger partial charge in [-0.25, -0.2) is 14.8 Å². The third-order valence-electron chi connectivity index (χ3n) is 8.12. The Morgan fingerprint density at radius 2 is 1.85 bits per heavy atom. The number of likely N-dealkylation sites (N-methyl/N-ethyl adjacent to an activating group) is 1. The van der Waals surface area contributed by atoms with E-state index >= 15 is 0 Å². The SMILES string of the molecule is CCCNC(=O)Nc1cc(-c2nc(C(F)(F)F)cs2)c(-c2ccc3c(c2)c(=O)c(C(=O)N2CCNCC2)cn3C2CN(C)C2)cn1.CS. The molecule has 16 heteroatoms. The first-order valence-corrected chi connectivity index (χ1v) is 17.2. The Hall–Kier alpha value is -3.99. The number of piperazine rings is 1. The van der Waals surface area contributed by atoms with Crippen molar-refractivity contribution in [1.29, 1.82) is 0 Å². The quantitative estimate of drug-likeness (QED) is 0.204. The zero-order valence-electron chi connectivity index (χ0n) is 26.7. The number of anilines is 1. The molecule has 0 atom stereocenters. The van der Waals surface area contributed by atoms with Gasteiger partial charge in [-0.1, -0.05) is 13.0 Å². The topological polar surface area (TPSA) is 124 Å². The van der Waals surface area contributed by atoms with Gasteiger partial charge < -0.3 is 25.0 Å². The minimum atomic E-state index is -4.64. The molecule has 0 saturated carbocycles. The number of benzene rings is 1. The second-order valence-corrected chi connectivity index (χ2v) is 12.3. The first-order chi connectivity index (χ1) is 23.0. The Labute approximate surface area is 285 Å². The van der Waals surface area contributed by atoms with Crippen molar-refractivity contribution >= 4 is 52.6 Å². The van der Waals surface area contributed by atoms with Crippen LogP contribution in [0.4, 0.5) is 23.8 Å². The van der Waals surface area contributed by atoms with Crippen molar-refractivity contribution in [3.63, 3.8) is 0 Å². The number of thiazole rings is 1. The molecule has 0 unspecified atom stereocenters. The lowest BCUT2D eigenvalue weighted by Gasteiger charge is -2.39. The van der Waals surface area contributed by atoms with Crippen molar-refractivity contribution in [2.75, 3.05) is 64.4 Å². The molecule has 11 nitrogen and oxygen atoms in total. The van der Waals surface area contributed by atoms with Gasteiger partial charge in [0.05, 0.1) is 11.6 Å². The Bertz CT molecular complexity index is 1850. The largest absolute Gasteiger partial charge is 0.434 e. The summed E-state index contributed by atoms with van der Waals surface area (Å²) >= 11 is 4.34. The van der Waals surface area contributed by atoms with Crippen LogP contribution in [0.1, 0.15) is 35.4 Å². The molecule has 2 aliphatic rings. The molecule has 6 rings (SSSR count). The molecule has 0 spiro atoms. The van der Waals surface area contributed by atoms with Gasteiger partial charge in [-0.3, -0.25) is 14.9 Å². The first kappa shape index (κ1) is 35.3. The summed E-state index contributed by atoms with van der Waals surface area (Å²) in [5, 5.41) is 9.82. The Morgan fingerprint density at radius 3 is 2.50 bits per heavy atom. The second-order valence-electron chi connectivity index (χ2n) is 11.5. The number of carbonyl (C=O) groups is 2. The summed E-state index contributed by atoms with van der Waals surface area (Å²) in [7, 11) is 2.00. The smallest absolute Gasteiger partial charge is 0.341 e. The van der Waals surface area contributed by atoms with Gasteiger partial charge in [-0.2, -0.15) is 25.8 Å². The third-order valence-corrected chi connectivity index (χ3v) is 9.00. The van der Waals surface area contributed by atoms with Crippen LogP contribution in [0.15, 0.2) is 46.8 Å². The number of hydrogen-bond acceptors (Lipinski definition) is 9.